The van der Waals surface area contributed by atoms with E-state index in [0.717, 1.165) is 64.2 Å². The molecule has 0 heterocycles. The Hall–Kier alpha value is -2.66. The molecule has 0 amide bonds. The topological polar surface area (TPSA) is 61.8 Å². The highest BCUT2D eigenvalue weighted by molar-refractivity contribution is 5.70. The molecule has 1 unspecified atom stereocenters. The molecule has 0 aromatic heterocycles. The highest BCUT2D eigenvalue weighted by atomic mass is 16.6. The molecule has 0 rings (SSSR count). The monoisotopic (exact) mass is 837 g/mol. The molecular formula is C55H96O5. The third kappa shape index (κ3) is 48.0. The van der Waals surface area contributed by atoms with E-state index in [1.165, 1.54) is 135 Å². The Morgan fingerprint density at radius 1 is 0.383 bits per heavy atom. The van der Waals surface area contributed by atoms with Crippen molar-refractivity contribution in [2.24, 2.45) is 0 Å². The van der Waals surface area contributed by atoms with Gasteiger partial charge in [0.05, 0.1) is 6.61 Å². The van der Waals surface area contributed by atoms with Crippen LogP contribution in [-0.2, 0) is 23.8 Å². The number of rotatable bonds is 46. The van der Waals surface area contributed by atoms with E-state index in [-0.39, 0.29) is 25.2 Å². The summed E-state index contributed by atoms with van der Waals surface area (Å²) in [5, 5.41) is 0. The molecule has 346 valence electrons. The van der Waals surface area contributed by atoms with E-state index >= 15 is 0 Å². The molecule has 0 bridgehead atoms. The van der Waals surface area contributed by atoms with E-state index in [2.05, 4.69) is 87.6 Å². The molecule has 0 saturated carbocycles. The number of carbonyl (C=O) groups excluding carboxylic acids is 2. The van der Waals surface area contributed by atoms with Gasteiger partial charge in [0.15, 0.2) is 6.10 Å². The average Bonchev–Trinajstić information content (AvgIpc) is 3.25. The smallest absolute Gasteiger partial charge is 0.306 e. The predicted octanol–water partition coefficient (Wildman–Crippen LogP) is 17.1. The number of esters is 2. The maximum Gasteiger partial charge on any atom is 0.306 e. The first-order chi connectivity index (χ1) is 29.6. The van der Waals surface area contributed by atoms with Crippen molar-refractivity contribution < 1.29 is 23.8 Å². The van der Waals surface area contributed by atoms with Crippen LogP contribution in [0.3, 0.4) is 0 Å². The number of ether oxygens (including phenoxy) is 3. The minimum Gasteiger partial charge on any atom is -0.462 e. The van der Waals surface area contributed by atoms with Crippen molar-refractivity contribution in [2.45, 2.75) is 245 Å². The number of unbranched alkanes of at least 4 members (excludes halogenated alkanes) is 23. The second-order valence-electron chi connectivity index (χ2n) is 16.7. The first kappa shape index (κ1) is 57.3. The fraction of sp³-hybridized carbons (Fsp3) is 0.745. The molecule has 5 nitrogen and oxygen atoms in total. The van der Waals surface area contributed by atoms with Crippen molar-refractivity contribution in [3.05, 3.63) is 72.9 Å². The van der Waals surface area contributed by atoms with Crippen molar-refractivity contribution in [1.82, 2.24) is 0 Å². The highest BCUT2D eigenvalue weighted by Crippen LogP contribution is 2.15. The number of hydrogen-bond acceptors (Lipinski definition) is 5. The summed E-state index contributed by atoms with van der Waals surface area (Å²) < 4.78 is 17.3. The second kappa shape index (κ2) is 50.7. The van der Waals surface area contributed by atoms with Crippen LogP contribution in [0, 0.1) is 0 Å². The van der Waals surface area contributed by atoms with Crippen LogP contribution in [0.1, 0.15) is 239 Å². The Kier molecular flexibility index (Phi) is 48.4. The van der Waals surface area contributed by atoms with Crippen molar-refractivity contribution in [3.63, 3.8) is 0 Å². The molecule has 0 saturated heterocycles. The summed E-state index contributed by atoms with van der Waals surface area (Å²) in [5.41, 5.74) is 0. The van der Waals surface area contributed by atoms with Gasteiger partial charge in [0, 0.05) is 19.4 Å². The molecule has 0 radical (unpaired) electrons. The van der Waals surface area contributed by atoms with E-state index in [1.807, 2.05) is 6.08 Å². The summed E-state index contributed by atoms with van der Waals surface area (Å²) in [6, 6.07) is 0. The summed E-state index contributed by atoms with van der Waals surface area (Å²) in [5.74, 6) is -0.487. The fourth-order valence-electron chi connectivity index (χ4n) is 7.01. The van der Waals surface area contributed by atoms with Gasteiger partial charge >= 0.3 is 11.9 Å². The Labute approximate surface area is 372 Å². The quantitative estimate of drug-likeness (QED) is 0.0347. The zero-order valence-electron chi connectivity index (χ0n) is 39.7. The van der Waals surface area contributed by atoms with E-state index in [9.17, 15) is 9.59 Å². The van der Waals surface area contributed by atoms with Gasteiger partial charge in [-0.2, -0.15) is 0 Å². The molecule has 0 aliphatic rings. The predicted molar refractivity (Wildman–Crippen MR) is 260 cm³/mol. The van der Waals surface area contributed by atoms with Crippen molar-refractivity contribution >= 4 is 11.9 Å². The molecule has 5 heteroatoms. The summed E-state index contributed by atoms with van der Waals surface area (Å²) in [7, 11) is 0. The SMILES string of the molecule is CC/C=C\C/C=C\C/C=C\C/C=C\C/C=C\C/C=C\CCC(=O)OCC(COCCCCCCCCCCCCCC)OC(=O)CCCCCCCCCCCCCCC. The number of allylic oxidation sites excluding steroid dienone is 12. The van der Waals surface area contributed by atoms with Crippen molar-refractivity contribution in [1.29, 1.82) is 0 Å². The molecule has 0 aliphatic carbocycles. The molecule has 0 N–H and O–H groups in total. The molecule has 0 aliphatic heterocycles. The van der Waals surface area contributed by atoms with Gasteiger partial charge in [0.1, 0.15) is 6.61 Å². The lowest BCUT2D eigenvalue weighted by Crippen LogP contribution is -2.30. The van der Waals surface area contributed by atoms with Gasteiger partial charge in [-0.05, 0) is 57.8 Å². The molecule has 0 fully saturated rings. The van der Waals surface area contributed by atoms with Crippen LogP contribution in [0.15, 0.2) is 72.9 Å². The lowest BCUT2D eigenvalue weighted by molar-refractivity contribution is -0.162. The van der Waals surface area contributed by atoms with Gasteiger partial charge < -0.3 is 14.2 Å². The third-order valence-electron chi connectivity index (χ3n) is 10.8. The molecule has 0 aromatic carbocycles. The summed E-state index contributed by atoms with van der Waals surface area (Å²) in [6.45, 7) is 7.65. The van der Waals surface area contributed by atoms with E-state index < -0.39 is 6.10 Å². The maximum atomic E-state index is 12.8. The van der Waals surface area contributed by atoms with Crippen LogP contribution in [-0.4, -0.2) is 37.9 Å². The summed E-state index contributed by atoms with van der Waals surface area (Å²) in [4.78, 5) is 25.3. The van der Waals surface area contributed by atoms with Crippen LogP contribution in [0.2, 0.25) is 0 Å². The Balaban J connectivity index is 4.35. The van der Waals surface area contributed by atoms with Gasteiger partial charge in [-0.15, -0.1) is 0 Å². The number of carbonyl (C=O) groups is 2. The lowest BCUT2D eigenvalue weighted by atomic mass is 10.0. The first-order valence-electron chi connectivity index (χ1n) is 25.5. The number of hydrogen-bond donors (Lipinski definition) is 0. The molecule has 0 aromatic rings. The molecular weight excluding hydrogens is 741 g/mol. The van der Waals surface area contributed by atoms with Crippen LogP contribution >= 0.6 is 0 Å². The Bertz CT molecular complexity index is 1080. The van der Waals surface area contributed by atoms with Crippen molar-refractivity contribution in [3.8, 4) is 0 Å². The van der Waals surface area contributed by atoms with Gasteiger partial charge in [-0.25, -0.2) is 0 Å². The zero-order valence-corrected chi connectivity index (χ0v) is 39.7. The normalized spacial score (nSPS) is 12.8. The second-order valence-corrected chi connectivity index (χ2v) is 16.7. The van der Waals surface area contributed by atoms with Gasteiger partial charge in [-0.1, -0.05) is 241 Å². The zero-order chi connectivity index (χ0) is 43.5. The summed E-state index contributed by atoms with van der Waals surface area (Å²) >= 11 is 0. The van der Waals surface area contributed by atoms with Gasteiger partial charge in [0.2, 0.25) is 0 Å². The Morgan fingerprint density at radius 3 is 1.17 bits per heavy atom. The van der Waals surface area contributed by atoms with E-state index in [4.69, 9.17) is 14.2 Å². The largest absolute Gasteiger partial charge is 0.462 e. The van der Waals surface area contributed by atoms with Crippen LogP contribution in [0.25, 0.3) is 0 Å². The minimum atomic E-state index is -0.563. The van der Waals surface area contributed by atoms with Crippen molar-refractivity contribution in [2.75, 3.05) is 19.8 Å². The van der Waals surface area contributed by atoms with Gasteiger partial charge in [0.25, 0.3) is 0 Å². The first-order valence-corrected chi connectivity index (χ1v) is 25.5. The molecule has 60 heavy (non-hydrogen) atoms. The maximum absolute atomic E-state index is 12.8. The Morgan fingerprint density at radius 2 is 0.750 bits per heavy atom. The van der Waals surface area contributed by atoms with Crippen LogP contribution < -0.4 is 0 Å². The van der Waals surface area contributed by atoms with E-state index in [0.29, 0.717) is 25.9 Å². The van der Waals surface area contributed by atoms with Gasteiger partial charge in [-0.3, -0.25) is 9.59 Å². The fourth-order valence-corrected chi connectivity index (χ4v) is 7.01. The highest BCUT2D eigenvalue weighted by Gasteiger charge is 2.17. The third-order valence-corrected chi connectivity index (χ3v) is 10.8. The van der Waals surface area contributed by atoms with Crippen LogP contribution in [0.4, 0.5) is 0 Å². The summed E-state index contributed by atoms with van der Waals surface area (Å²) in [6.07, 6.45) is 64.9. The molecule has 0 spiro atoms. The molecule has 1 atom stereocenters. The van der Waals surface area contributed by atoms with Crippen LogP contribution in [0.5, 0.6) is 0 Å². The average molecular weight is 837 g/mol. The minimum absolute atomic E-state index is 0.0470. The lowest BCUT2D eigenvalue weighted by Gasteiger charge is -2.18. The standard InChI is InChI=1S/C55H96O5/c1-4-7-10-13-16-19-22-25-26-27-28-29-30-32-33-36-39-42-45-48-54(56)59-52-53(51-58-50-47-44-41-38-35-24-21-18-15-12-9-6-3)60-55(57)49-46-43-40-37-34-31-23-20-17-14-11-8-5-2/h7,10,16,19,25-26,28-29,32-33,39,42,53H,4-6,8-9,11-15,17-18,20-24,27,30-31,34-38,40-41,43-52H2,1-3H3/b10-7-,19-16-,26-25-,29-28-,33-32-,42-39-. The van der Waals surface area contributed by atoms with E-state index in [1.54, 1.807) is 0 Å².